The molecule has 4 nitrogen and oxygen atoms in total. The van der Waals surface area contributed by atoms with Crippen molar-refractivity contribution in [2.75, 3.05) is 20.3 Å². The summed E-state index contributed by atoms with van der Waals surface area (Å²) in [4.78, 5) is 5.23. The van der Waals surface area contributed by atoms with Crippen molar-refractivity contribution in [3.63, 3.8) is 0 Å². The van der Waals surface area contributed by atoms with E-state index in [2.05, 4.69) is 6.92 Å². The molecular formula is C11H16NO3+. The molecule has 1 saturated heterocycles. The molecule has 0 aromatic carbocycles. The number of hydrogen-bond acceptors (Lipinski definition) is 3. The van der Waals surface area contributed by atoms with Crippen LogP contribution >= 0.6 is 0 Å². The molecule has 2 rings (SSSR count). The monoisotopic (exact) mass is 210 g/mol. The molecule has 0 spiro atoms. The van der Waals surface area contributed by atoms with E-state index >= 15 is 0 Å². The van der Waals surface area contributed by atoms with Gasteiger partial charge in [-0.15, -0.1) is 0 Å². The Morgan fingerprint density at radius 2 is 2.13 bits per heavy atom. The Bertz CT molecular complexity index is 323. The van der Waals surface area contributed by atoms with Gasteiger partial charge in [-0.3, -0.25) is 4.84 Å². The van der Waals surface area contributed by atoms with Crippen LogP contribution in [-0.2, 0) is 9.47 Å². The van der Waals surface area contributed by atoms with E-state index in [9.17, 15) is 0 Å². The number of pyridine rings is 1. The molecule has 0 saturated carbocycles. The van der Waals surface area contributed by atoms with Gasteiger partial charge in [0.25, 0.3) is 0 Å². The molecule has 1 aromatic rings. The summed E-state index contributed by atoms with van der Waals surface area (Å²) in [5, 5.41) is 0. The molecular weight excluding hydrogens is 194 g/mol. The standard InChI is InChI=1S/C11H16NO3/c1-9(11-14-7-8-15-11)10-5-3-4-6-12(10)13-2/h3-6,9,11H,7-8H2,1-2H3/q+1. The molecule has 1 fully saturated rings. The number of ether oxygens (including phenoxy) is 2. The minimum absolute atomic E-state index is 0.159. The Balaban J connectivity index is 2.19. The first-order valence-corrected chi connectivity index (χ1v) is 5.11. The van der Waals surface area contributed by atoms with Gasteiger partial charge in [-0.1, -0.05) is 0 Å². The van der Waals surface area contributed by atoms with Gasteiger partial charge in [-0.25, -0.2) is 0 Å². The van der Waals surface area contributed by atoms with Crippen LogP contribution in [-0.4, -0.2) is 26.6 Å². The number of aromatic nitrogens is 1. The fraction of sp³-hybridized carbons (Fsp3) is 0.545. The largest absolute Gasteiger partial charge is 0.349 e. The van der Waals surface area contributed by atoms with Crippen molar-refractivity contribution in [2.24, 2.45) is 0 Å². The van der Waals surface area contributed by atoms with Gasteiger partial charge in [0.1, 0.15) is 7.11 Å². The van der Waals surface area contributed by atoms with Crippen molar-refractivity contribution in [2.45, 2.75) is 19.1 Å². The quantitative estimate of drug-likeness (QED) is 0.681. The maximum absolute atomic E-state index is 5.48. The van der Waals surface area contributed by atoms with E-state index in [0.29, 0.717) is 13.2 Å². The lowest BCUT2D eigenvalue weighted by Gasteiger charge is -2.14. The lowest BCUT2D eigenvalue weighted by molar-refractivity contribution is -0.891. The highest BCUT2D eigenvalue weighted by molar-refractivity contribution is 5.03. The smallest absolute Gasteiger partial charge is 0.242 e. The second kappa shape index (κ2) is 4.59. The van der Waals surface area contributed by atoms with Crippen molar-refractivity contribution >= 4 is 0 Å². The molecule has 2 heterocycles. The highest BCUT2D eigenvalue weighted by atomic mass is 16.7. The lowest BCUT2D eigenvalue weighted by Crippen LogP contribution is -2.46. The van der Waals surface area contributed by atoms with Gasteiger partial charge >= 0.3 is 0 Å². The first-order valence-electron chi connectivity index (χ1n) is 5.11. The van der Waals surface area contributed by atoms with Crippen LogP contribution in [0.5, 0.6) is 0 Å². The molecule has 1 aromatic heterocycles. The maximum Gasteiger partial charge on any atom is 0.242 e. The predicted octanol–water partition coefficient (Wildman–Crippen LogP) is 0.509. The van der Waals surface area contributed by atoms with Crippen LogP contribution in [0.25, 0.3) is 0 Å². The summed E-state index contributed by atoms with van der Waals surface area (Å²) < 4.78 is 12.7. The third-order valence-corrected chi connectivity index (χ3v) is 2.57. The lowest BCUT2D eigenvalue weighted by atomic mass is 10.1. The second-order valence-electron chi connectivity index (χ2n) is 3.53. The third-order valence-electron chi connectivity index (χ3n) is 2.57. The first-order chi connectivity index (χ1) is 7.33. The van der Waals surface area contributed by atoms with Crippen LogP contribution in [0, 0.1) is 0 Å². The summed E-state index contributed by atoms with van der Waals surface area (Å²) in [5.74, 6) is 0.161. The maximum atomic E-state index is 5.48. The van der Waals surface area contributed by atoms with Crippen LogP contribution in [0.2, 0.25) is 0 Å². The highest BCUT2D eigenvalue weighted by Crippen LogP contribution is 2.22. The Hall–Kier alpha value is -1.13. The van der Waals surface area contributed by atoms with Crippen LogP contribution < -0.4 is 9.57 Å². The van der Waals surface area contributed by atoms with Crippen molar-refractivity contribution < 1.29 is 19.0 Å². The van der Waals surface area contributed by atoms with E-state index < -0.39 is 0 Å². The van der Waals surface area contributed by atoms with E-state index in [-0.39, 0.29) is 12.2 Å². The molecule has 0 N–H and O–H groups in total. The van der Waals surface area contributed by atoms with Crippen molar-refractivity contribution in [3.8, 4) is 0 Å². The van der Waals surface area contributed by atoms with Gasteiger partial charge in [0.15, 0.2) is 6.29 Å². The van der Waals surface area contributed by atoms with E-state index in [4.69, 9.17) is 14.3 Å². The van der Waals surface area contributed by atoms with Gasteiger partial charge in [-0.2, -0.15) is 0 Å². The molecule has 82 valence electrons. The zero-order valence-electron chi connectivity index (χ0n) is 9.05. The van der Waals surface area contributed by atoms with Gasteiger partial charge in [0.05, 0.1) is 19.1 Å². The van der Waals surface area contributed by atoms with E-state index in [1.807, 2.05) is 24.4 Å². The molecule has 1 aliphatic rings. The summed E-state index contributed by atoms with van der Waals surface area (Å²) in [6.07, 6.45) is 1.72. The summed E-state index contributed by atoms with van der Waals surface area (Å²) in [6, 6.07) is 5.92. The molecule has 1 aliphatic heterocycles. The van der Waals surface area contributed by atoms with E-state index in [1.54, 1.807) is 11.8 Å². The molecule has 1 atom stereocenters. The Labute approximate surface area is 89.3 Å². The predicted molar refractivity (Wildman–Crippen MR) is 53.2 cm³/mol. The zero-order chi connectivity index (χ0) is 10.7. The number of hydrogen-bond donors (Lipinski definition) is 0. The van der Waals surface area contributed by atoms with Gasteiger partial charge in [0, 0.05) is 16.9 Å². The Morgan fingerprint density at radius 1 is 1.40 bits per heavy atom. The first kappa shape index (κ1) is 10.4. The normalized spacial score (nSPS) is 19.1. The summed E-state index contributed by atoms with van der Waals surface area (Å²) in [5.41, 5.74) is 1.05. The molecule has 0 bridgehead atoms. The van der Waals surface area contributed by atoms with Crippen molar-refractivity contribution in [3.05, 3.63) is 30.1 Å². The summed E-state index contributed by atoms with van der Waals surface area (Å²) in [7, 11) is 1.65. The number of rotatable bonds is 3. The summed E-state index contributed by atoms with van der Waals surface area (Å²) >= 11 is 0. The molecule has 0 amide bonds. The Morgan fingerprint density at radius 3 is 2.80 bits per heavy atom. The highest BCUT2D eigenvalue weighted by Gasteiger charge is 2.31. The third kappa shape index (κ3) is 2.11. The van der Waals surface area contributed by atoms with Crippen LogP contribution in [0.3, 0.4) is 0 Å². The Kier molecular flexibility index (Phi) is 3.18. The minimum atomic E-state index is -0.159. The van der Waals surface area contributed by atoms with Gasteiger partial charge < -0.3 is 9.47 Å². The SMILES string of the molecule is CO[n+]1ccccc1C(C)C1OCCO1. The minimum Gasteiger partial charge on any atom is -0.349 e. The van der Waals surface area contributed by atoms with Gasteiger partial charge in [0.2, 0.25) is 11.9 Å². The van der Waals surface area contributed by atoms with Crippen LogP contribution in [0.1, 0.15) is 18.5 Å². The fourth-order valence-corrected chi connectivity index (χ4v) is 1.77. The summed E-state index contributed by atoms with van der Waals surface area (Å²) in [6.45, 7) is 3.42. The average molecular weight is 210 g/mol. The fourth-order valence-electron chi connectivity index (χ4n) is 1.77. The number of nitrogens with zero attached hydrogens (tertiary/aromatic N) is 1. The topological polar surface area (TPSA) is 31.6 Å². The van der Waals surface area contributed by atoms with E-state index in [0.717, 1.165) is 5.69 Å². The van der Waals surface area contributed by atoms with Crippen molar-refractivity contribution in [1.29, 1.82) is 0 Å². The average Bonchev–Trinajstić information content (AvgIpc) is 2.81. The molecule has 0 radical (unpaired) electrons. The van der Waals surface area contributed by atoms with Gasteiger partial charge in [-0.05, 0) is 13.0 Å². The second-order valence-corrected chi connectivity index (χ2v) is 3.53. The zero-order valence-corrected chi connectivity index (χ0v) is 9.05. The molecule has 15 heavy (non-hydrogen) atoms. The molecule has 0 aliphatic carbocycles. The van der Waals surface area contributed by atoms with E-state index in [1.165, 1.54) is 0 Å². The molecule has 1 unspecified atom stereocenters. The van der Waals surface area contributed by atoms with Crippen LogP contribution in [0.4, 0.5) is 0 Å². The van der Waals surface area contributed by atoms with Crippen molar-refractivity contribution in [1.82, 2.24) is 0 Å². The van der Waals surface area contributed by atoms with Crippen LogP contribution in [0.15, 0.2) is 24.4 Å². The molecule has 4 heteroatoms.